The zero-order valence-corrected chi connectivity index (χ0v) is 11.3. The van der Waals surface area contributed by atoms with Crippen LogP contribution in [0.5, 0.6) is 0 Å². The highest BCUT2D eigenvalue weighted by atomic mass is 16.3. The maximum Gasteiger partial charge on any atom is 0.222 e. The molecule has 0 aromatic carbocycles. The smallest absolute Gasteiger partial charge is 0.222 e. The highest BCUT2D eigenvalue weighted by Crippen LogP contribution is 2.11. The topological polar surface area (TPSA) is 66.6 Å². The van der Waals surface area contributed by atoms with Crippen LogP contribution in [0.2, 0.25) is 0 Å². The second kappa shape index (κ2) is 10.5. The van der Waals surface area contributed by atoms with Gasteiger partial charge in [0.2, 0.25) is 5.91 Å². The van der Waals surface area contributed by atoms with E-state index in [0.717, 1.165) is 32.2 Å². The summed E-state index contributed by atoms with van der Waals surface area (Å²) in [7, 11) is 0. The number of rotatable bonds is 10. The van der Waals surface area contributed by atoms with Crippen molar-refractivity contribution >= 4 is 5.91 Å². The molecule has 0 saturated heterocycles. The molecule has 1 atom stereocenters. The number of hydrogen-bond acceptors (Lipinski definition) is 3. The molecule has 4 heteroatoms. The fraction of sp³-hybridized carbons (Fsp3) is 0.923. The number of carbonyl (C=O) groups excluding carboxylic acids is 1. The normalized spacial score (nSPS) is 12.5. The van der Waals surface area contributed by atoms with Gasteiger partial charge in [0, 0.05) is 19.5 Å². The summed E-state index contributed by atoms with van der Waals surface area (Å²) in [6.07, 6.45) is 4.51. The van der Waals surface area contributed by atoms with Gasteiger partial charge in [-0.25, -0.2) is 0 Å². The lowest BCUT2D eigenvalue weighted by atomic mass is 10.0. The molecule has 3 N–H and O–H groups in total. The number of amides is 1. The first-order chi connectivity index (χ1) is 8.15. The SMILES string of the molecule is CCCCN(CCO)C(=O)CCC(C)CCN. The van der Waals surface area contributed by atoms with Crippen LogP contribution in [0.15, 0.2) is 0 Å². The summed E-state index contributed by atoms with van der Waals surface area (Å²) in [5, 5.41) is 8.94. The number of carbonyl (C=O) groups is 1. The number of aliphatic hydroxyl groups is 1. The predicted molar refractivity (Wildman–Crippen MR) is 70.6 cm³/mol. The Balaban J connectivity index is 3.95. The maximum absolute atomic E-state index is 11.9. The molecule has 1 unspecified atom stereocenters. The molecule has 0 rings (SSSR count). The Hall–Kier alpha value is -0.610. The second-order valence-corrected chi connectivity index (χ2v) is 4.68. The number of nitrogens with two attached hydrogens (primary N) is 1. The molecule has 0 aliphatic heterocycles. The van der Waals surface area contributed by atoms with E-state index in [4.69, 9.17) is 10.8 Å². The Bertz CT molecular complexity index is 198. The van der Waals surface area contributed by atoms with Gasteiger partial charge in [0.25, 0.3) is 0 Å². The summed E-state index contributed by atoms with van der Waals surface area (Å²) < 4.78 is 0. The molecule has 0 spiro atoms. The monoisotopic (exact) mass is 244 g/mol. The average Bonchev–Trinajstić information content (AvgIpc) is 2.32. The first-order valence-electron chi connectivity index (χ1n) is 6.74. The van der Waals surface area contributed by atoms with Gasteiger partial charge in [0.1, 0.15) is 0 Å². The van der Waals surface area contributed by atoms with Crippen molar-refractivity contribution in [3.8, 4) is 0 Å². The van der Waals surface area contributed by atoms with Gasteiger partial charge in [-0.3, -0.25) is 4.79 Å². The van der Waals surface area contributed by atoms with Gasteiger partial charge < -0.3 is 15.7 Å². The second-order valence-electron chi connectivity index (χ2n) is 4.68. The summed E-state index contributed by atoms with van der Waals surface area (Å²) in [4.78, 5) is 13.7. The highest BCUT2D eigenvalue weighted by Gasteiger charge is 2.13. The number of aliphatic hydroxyl groups excluding tert-OH is 1. The van der Waals surface area contributed by atoms with E-state index in [-0.39, 0.29) is 12.5 Å². The van der Waals surface area contributed by atoms with Gasteiger partial charge in [-0.1, -0.05) is 20.3 Å². The van der Waals surface area contributed by atoms with Crippen LogP contribution in [0.3, 0.4) is 0 Å². The van der Waals surface area contributed by atoms with E-state index in [1.54, 1.807) is 4.90 Å². The molecule has 0 aromatic heterocycles. The van der Waals surface area contributed by atoms with E-state index in [0.29, 0.717) is 25.4 Å². The molecular formula is C13H28N2O2. The largest absolute Gasteiger partial charge is 0.395 e. The molecule has 4 nitrogen and oxygen atoms in total. The van der Waals surface area contributed by atoms with Gasteiger partial charge in [-0.15, -0.1) is 0 Å². The molecule has 102 valence electrons. The van der Waals surface area contributed by atoms with E-state index >= 15 is 0 Å². The Morgan fingerprint density at radius 1 is 1.35 bits per heavy atom. The first kappa shape index (κ1) is 16.4. The molecule has 0 fully saturated rings. The Kier molecular flexibility index (Phi) is 10.2. The molecule has 17 heavy (non-hydrogen) atoms. The van der Waals surface area contributed by atoms with Crippen LogP contribution in [0.1, 0.15) is 46.0 Å². The minimum Gasteiger partial charge on any atom is -0.395 e. The van der Waals surface area contributed by atoms with E-state index in [2.05, 4.69) is 13.8 Å². The van der Waals surface area contributed by atoms with E-state index in [1.807, 2.05) is 0 Å². The third kappa shape index (κ3) is 8.16. The van der Waals surface area contributed by atoms with Crippen molar-refractivity contribution < 1.29 is 9.90 Å². The maximum atomic E-state index is 11.9. The fourth-order valence-electron chi connectivity index (χ4n) is 1.79. The van der Waals surface area contributed by atoms with E-state index < -0.39 is 0 Å². The van der Waals surface area contributed by atoms with Gasteiger partial charge in [-0.05, 0) is 31.7 Å². The lowest BCUT2D eigenvalue weighted by Crippen LogP contribution is -2.34. The molecule has 0 saturated carbocycles. The Morgan fingerprint density at radius 2 is 2.06 bits per heavy atom. The number of unbranched alkanes of at least 4 members (excludes halogenated alkanes) is 1. The van der Waals surface area contributed by atoms with Crippen molar-refractivity contribution in [2.45, 2.75) is 46.0 Å². The lowest BCUT2D eigenvalue weighted by molar-refractivity contribution is -0.132. The van der Waals surface area contributed by atoms with Crippen LogP contribution in [0, 0.1) is 5.92 Å². The lowest BCUT2D eigenvalue weighted by Gasteiger charge is -2.22. The number of hydrogen-bond donors (Lipinski definition) is 2. The average molecular weight is 244 g/mol. The van der Waals surface area contributed by atoms with E-state index in [1.165, 1.54) is 0 Å². The number of nitrogens with zero attached hydrogens (tertiary/aromatic N) is 1. The summed E-state index contributed by atoms with van der Waals surface area (Å²) in [6, 6.07) is 0. The summed E-state index contributed by atoms with van der Waals surface area (Å²) in [5.41, 5.74) is 5.48. The van der Waals surface area contributed by atoms with Crippen molar-refractivity contribution in [3.05, 3.63) is 0 Å². The molecule has 0 radical (unpaired) electrons. The third-order valence-electron chi connectivity index (χ3n) is 3.01. The van der Waals surface area contributed by atoms with Crippen LogP contribution >= 0.6 is 0 Å². The fourth-order valence-corrected chi connectivity index (χ4v) is 1.79. The highest BCUT2D eigenvalue weighted by molar-refractivity contribution is 5.76. The molecule has 0 aliphatic rings. The van der Waals surface area contributed by atoms with Crippen LogP contribution in [-0.4, -0.2) is 42.2 Å². The van der Waals surface area contributed by atoms with Crippen molar-refractivity contribution in [1.29, 1.82) is 0 Å². The predicted octanol–water partition coefficient (Wildman–Crippen LogP) is 1.37. The summed E-state index contributed by atoms with van der Waals surface area (Å²) in [5.74, 6) is 0.669. The van der Waals surface area contributed by atoms with Gasteiger partial charge in [-0.2, -0.15) is 0 Å². The third-order valence-corrected chi connectivity index (χ3v) is 3.01. The van der Waals surface area contributed by atoms with Gasteiger partial charge >= 0.3 is 0 Å². The van der Waals surface area contributed by atoms with E-state index in [9.17, 15) is 4.79 Å². The Labute approximate surface area is 105 Å². The quantitative estimate of drug-likeness (QED) is 0.610. The Morgan fingerprint density at radius 3 is 2.59 bits per heavy atom. The van der Waals surface area contributed by atoms with Gasteiger partial charge in [0.05, 0.1) is 6.61 Å². The van der Waals surface area contributed by atoms with Crippen molar-refractivity contribution in [2.24, 2.45) is 11.7 Å². The summed E-state index contributed by atoms with van der Waals surface area (Å²) >= 11 is 0. The van der Waals surface area contributed by atoms with Crippen molar-refractivity contribution in [1.82, 2.24) is 4.90 Å². The zero-order valence-electron chi connectivity index (χ0n) is 11.3. The minimum atomic E-state index is 0.0494. The molecule has 0 bridgehead atoms. The van der Waals surface area contributed by atoms with Crippen LogP contribution < -0.4 is 5.73 Å². The van der Waals surface area contributed by atoms with Crippen molar-refractivity contribution in [2.75, 3.05) is 26.2 Å². The molecule has 0 aliphatic carbocycles. The zero-order chi connectivity index (χ0) is 13.1. The molecule has 0 aromatic rings. The first-order valence-corrected chi connectivity index (χ1v) is 6.74. The van der Waals surface area contributed by atoms with Crippen molar-refractivity contribution in [3.63, 3.8) is 0 Å². The standard InChI is InChI=1S/C13H28N2O2/c1-3-4-9-15(10-11-16)13(17)6-5-12(2)7-8-14/h12,16H,3-11,14H2,1-2H3. The van der Waals surface area contributed by atoms with Gasteiger partial charge in [0.15, 0.2) is 0 Å². The minimum absolute atomic E-state index is 0.0494. The molecular weight excluding hydrogens is 216 g/mol. The molecule has 1 amide bonds. The molecule has 0 heterocycles. The van der Waals surface area contributed by atoms with Crippen LogP contribution in [0.25, 0.3) is 0 Å². The van der Waals surface area contributed by atoms with Crippen LogP contribution in [-0.2, 0) is 4.79 Å². The summed E-state index contributed by atoms with van der Waals surface area (Å²) in [6.45, 7) is 6.19. The van der Waals surface area contributed by atoms with Crippen LogP contribution in [0.4, 0.5) is 0 Å².